The fourth-order valence-corrected chi connectivity index (χ4v) is 4.77. The number of aromatic nitrogens is 2. The molecule has 3 rings (SSSR count). The molecule has 9 heteroatoms. The summed E-state index contributed by atoms with van der Waals surface area (Å²) in [6.45, 7) is 0.884. The number of piperidine rings is 1. The predicted molar refractivity (Wildman–Crippen MR) is 98.7 cm³/mol. The Morgan fingerprint density at radius 1 is 1.12 bits per heavy atom. The van der Waals surface area contributed by atoms with Gasteiger partial charge in [-0.3, -0.25) is 0 Å². The molecule has 2 heterocycles. The molecule has 0 unspecified atom stereocenters. The molecule has 0 radical (unpaired) electrons. The maximum absolute atomic E-state index is 12.7. The van der Waals surface area contributed by atoms with Crippen LogP contribution in [0.2, 0.25) is 10.0 Å². The van der Waals surface area contributed by atoms with Crippen molar-refractivity contribution in [2.45, 2.75) is 23.8 Å². The molecule has 0 saturated carbocycles. The summed E-state index contributed by atoms with van der Waals surface area (Å²) in [5.74, 6) is 0.584. The molecule has 134 valence electrons. The summed E-state index contributed by atoms with van der Waals surface area (Å²) in [7, 11) is -1.61. The first-order chi connectivity index (χ1) is 11.9. The average molecular weight is 401 g/mol. The van der Waals surface area contributed by atoms with Gasteiger partial charge in [-0.2, -0.15) is 4.31 Å². The van der Waals surface area contributed by atoms with Gasteiger partial charge in [0.05, 0.1) is 22.3 Å². The molecule has 0 bridgehead atoms. The third-order valence-electron chi connectivity index (χ3n) is 4.33. The van der Waals surface area contributed by atoms with Gasteiger partial charge in [-0.25, -0.2) is 18.4 Å². The van der Waals surface area contributed by atoms with Gasteiger partial charge < -0.3 is 4.90 Å². The van der Waals surface area contributed by atoms with Crippen LogP contribution in [0.15, 0.2) is 41.6 Å². The summed E-state index contributed by atoms with van der Waals surface area (Å²) in [5, 5.41) is 0.898. The lowest BCUT2D eigenvalue weighted by Gasteiger charge is -2.36. The molecule has 0 spiro atoms. The number of halogens is 2. The molecule has 25 heavy (non-hydrogen) atoms. The molecule has 0 N–H and O–H groups in total. The predicted octanol–water partition coefficient (Wildman–Crippen LogP) is 3.07. The molecule has 1 aromatic carbocycles. The van der Waals surface area contributed by atoms with Gasteiger partial charge in [0.2, 0.25) is 16.0 Å². The number of hydrogen-bond donors (Lipinski definition) is 0. The topological polar surface area (TPSA) is 66.4 Å². The molecule has 1 aliphatic heterocycles. The van der Waals surface area contributed by atoms with E-state index in [9.17, 15) is 8.42 Å². The Morgan fingerprint density at radius 2 is 1.76 bits per heavy atom. The molecular formula is C16H18Cl2N4O2S. The highest BCUT2D eigenvalue weighted by molar-refractivity contribution is 7.89. The van der Waals surface area contributed by atoms with E-state index in [1.54, 1.807) is 30.6 Å². The van der Waals surface area contributed by atoms with Crippen molar-refractivity contribution in [3.05, 3.63) is 46.7 Å². The lowest BCUT2D eigenvalue weighted by atomic mass is 10.1. The van der Waals surface area contributed by atoms with Crippen molar-refractivity contribution < 1.29 is 8.42 Å². The number of anilines is 1. The fourth-order valence-electron chi connectivity index (χ4n) is 2.90. The smallest absolute Gasteiger partial charge is 0.243 e. The summed E-state index contributed by atoms with van der Waals surface area (Å²) in [6, 6.07) is 6.53. The van der Waals surface area contributed by atoms with Crippen LogP contribution >= 0.6 is 23.2 Å². The third-order valence-corrected chi connectivity index (χ3v) is 6.65. The molecule has 1 saturated heterocycles. The molecule has 0 aliphatic carbocycles. The monoisotopic (exact) mass is 400 g/mol. The second kappa shape index (κ2) is 7.45. The van der Waals surface area contributed by atoms with Crippen LogP contribution in [-0.2, 0) is 10.0 Å². The van der Waals surface area contributed by atoms with E-state index in [1.165, 1.54) is 10.4 Å². The van der Waals surface area contributed by atoms with E-state index in [2.05, 4.69) is 9.97 Å². The number of benzene rings is 1. The highest BCUT2D eigenvalue weighted by atomic mass is 35.5. The van der Waals surface area contributed by atoms with Crippen LogP contribution in [0.25, 0.3) is 0 Å². The van der Waals surface area contributed by atoms with E-state index >= 15 is 0 Å². The van der Waals surface area contributed by atoms with Crippen LogP contribution in [0.3, 0.4) is 0 Å². The van der Waals surface area contributed by atoms with Gasteiger partial charge in [0.25, 0.3) is 0 Å². The first-order valence-corrected chi connectivity index (χ1v) is 10.0. The van der Waals surface area contributed by atoms with Gasteiger partial charge in [-0.1, -0.05) is 29.3 Å². The van der Waals surface area contributed by atoms with Gasteiger partial charge in [-0.15, -0.1) is 0 Å². The summed E-state index contributed by atoms with van der Waals surface area (Å²) in [4.78, 5) is 10.6. The maximum atomic E-state index is 12.7. The molecule has 2 aromatic rings. The Morgan fingerprint density at radius 3 is 2.36 bits per heavy atom. The van der Waals surface area contributed by atoms with Crippen LogP contribution in [0.4, 0.5) is 5.95 Å². The Kier molecular flexibility index (Phi) is 5.48. The van der Waals surface area contributed by atoms with E-state index in [0.29, 0.717) is 41.9 Å². The number of sulfonamides is 1. The van der Waals surface area contributed by atoms with E-state index in [0.717, 1.165) is 0 Å². The lowest BCUT2D eigenvalue weighted by Crippen LogP contribution is -2.46. The van der Waals surface area contributed by atoms with Gasteiger partial charge in [0, 0.05) is 31.2 Å². The van der Waals surface area contributed by atoms with Crippen molar-refractivity contribution in [3.63, 3.8) is 0 Å². The fraction of sp³-hybridized carbons (Fsp3) is 0.375. The SMILES string of the molecule is CN(c1ncc(Cl)cn1)C1CCN(S(=O)(=O)c2cccc(Cl)c2)CC1. The van der Waals surface area contributed by atoms with Crippen molar-refractivity contribution >= 4 is 39.2 Å². The minimum Gasteiger partial charge on any atom is -0.341 e. The Bertz CT molecular complexity index is 837. The highest BCUT2D eigenvalue weighted by Gasteiger charge is 2.31. The summed E-state index contributed by atoms with van der Waals surface area (Å²) in [6.07, 6.45) is 4.50. The second-order valence-corrected chi connectivity index (χ2v) is 8.72. The Hall–Kier alpha value is -1.41. The van der Waals surface area contributed by atoms with Gasteiger partial charge in [0.1, 0.15) is 0 Å². The van der Waals surface area contributed by atoms with Crippen LogP contribution in [0, 0.1) is 0 Å². The van der Waals surface area contributed by atoms with E-state index < -0.39 is 10.0 Å². The van der Waals surface area contributed by atoms with Crippen molar-refractivity contribution in [3.8, 4) is 0 Å². The molecule has 1 fully saturated rings. The molecular weight excluding hydrogens is 383 g/mol. The van der Waals surface area contributed by atoms with E-state index in [-0.39, 0.29) is 10.9 Å². The first kappa shape index (κ1) is 18.4. The van der Waals surface area contributed by atoms with E-state index in [4.69, 9.17) is 23.2 Å². The quantitative estimate of drug-likeness (QED) is 0.788. The van der Waals surface area contributed by atoms with Crippen LogP contribution < -0.4 is 4.90 Å². The minimum absolute atomic E-state index is 0.173. The highest BCUT2D eigenvalue weighted by Crippen LogP contribution is 2.25. The first-order valence-electron chi connectivity index (χ1n) is 7.84. The van der Waals surface area contributed by atoms with Crippen molar-refractivity contribution in [2.24, 2.45) is 0 Å². The average Bonchev–Trinajstić information content (AvgIpc) is 2.62. The zero-order valence-electron chi connectivity index (χ0n) is 13.6. The second-order valence-electron chi connectivity index (χ2n) is 5.90. The molecule has 6 nitrogen and oxygen atoms in total. The maximum Gasteiger partial charge on any atom is 0.243 e. The molecule has 0 atom stereocenters. The molecule has 1 aliphatic rings. The van der Waals surface area contributed by atoms with Gasteiger partial charge in [-0.05, 0) is 31.0 Å². The zero-order valence-corrected chi connectivity index (χ0v) is 16.0. The Balaban J connectivity index is 1.68. The molecule has 0 amide bonds. The minimum atomic E-state index is -3.52. The van der Waals surface area contributed by atoms with E-state index in [1.807, 2.05) is 11.9 Å². The number of rotatable bonds is 4. The standard InChI is InChI=1S/C16H18Cl2N4O2S/c1-21(16-19-10-13(18)11-20-16)14-5-7-22(8-6-14)25(23,24)15-4-2-3-12(17)9-15/h2-4,9-11,14H,5-8H2,1H3. The zero-order chi connectivity index (χ0) is 18.0. The Labute approximate surface area is 157 Å². The lowest BCUT2D eigenvalue weighted by molar-refractivity contribution is 0.313. The third kappa shape index (κ3) is 4.06. The summed E-state index contributed by atoms with van der Waals surface area (Å²) in [5.41, 5.74) is 0. The van der Waals surface area contributed by atoms with Crippen molar-refractivity contribution in [2.75, 3.05) is 25.0 Å². The van der Waals surface area contributed by atoms with Crippen LogP contribution in [0.1, 0.15) is 12.8 Å². The largest absolute Gasteiger partial charge is 0.341 e. The van der Waals surface area contributed by atoms with Crippen LogP contribution in [0.5, 0.6) is 0 Å². The van der Waals surface area contributed by atoms with Crippen LogP contribution in [-0.4, -0.2) is 48.9 Å². The normalized spacial score (nSPS) is 16.8. The number of hydrogen-bond acceptors (Lipinski definition) is 5. The molecule has 1 aromatic heterocycles. The van der Waals surface area contributed by atoms with Crippen molar-refractivity contribution in [1.29, 1.82) is 0 Å². The van der Waals surface area contributed by atoms with Gasteiger partial charge >= 0.3 is 0 Å². The summed E-state index contributed by atoms with van der Waals surface area (Å²) >= 11 is 11.7. The van der Waals surface area contributed by atoms with Crippen molar-refractivity contribution in [1.82, 2.24) is 14.3 Å². The number of nitrogens with zero attached hydrogens (tertiary/aromatic N) is 4. The summed E-state index contributed by atoms with van der Waals surface area (Å²) < 4.78 is 27.0. The van der Waals surface area contributed by atoms with Gasteiger partial charge in [0.15, 0.2) is 0 Å².